The maximum absolute atomic E-state index is 12.1. The number of benzene rings is 1. The number of aryl methyl sites for hydroxylation is 1. The Morgan fingerprint density at radius 3 is 2.80 bits per heavy atom. The molecule has 1 amide bonds. The van der Waals surface area contributed by atoms with Crippen molar-refractivity contribution in [2.24, 2.45) is 0 Å². The van der Waals surface area contributed by atoms with E-state index in [2.05, 4.69) is 27.3 Å². The van der Waals surface area contributed by atoms with Crippen molar-refractivity contribution < 1.29 is 13.2 Å². The number of thiophene rings is 1. The van der Waals surface area contributed by atoms with Gasteiger partial charge in [-0.1, -0.05) is 6.07 Å². The van der Waals surface area contributed by atoms with Crippen LogP contribution in [0.25, 0.3) is 0 Å². The molecule has 2 aromatic rings. The maximum atomic E-state index is 12.1. The topological polar surface area (TPSA) is 66.5 Å². The summed E-state index contributed by atoms with van der Waals surface area (Å²) in [5.74, 6) is 0.125. The average Bonchev–Trinajstić information content (AvgIpc) is 3.12. The minimum absolute atomic E-state index is 0.0583. The predicted molar refractivity (Wildman–Crippen MR) is 106 cm³/mol. The molecule has 1 aliphatic heterocycles. The molecular weight excluding hydrogens is 424 g/mol. The van der Waals surface area contributed by atoms with Gasteiger partial charge in [-0.2, -0.15) is 0 Å². The quantitative estimate of drug-likeness (QED) is 0.734. The SMILES string of the molecule is O=C(CCCc1ccc(Br)s1)Nc1cccc(N2CCCS2(=O)=O)c1. The van der Waals surface area contributed by atoms with Crippen molar-refractivity contribution in [3.63, 3.8) is 0 Å². The molecule has 0 spiro atoms. The van der Waals surface area contributed by atoms with Crippen LogP contribution >= 0.6 is 27.3 Å². The van der Waals surface area contributed by atoms with E-state index in [1.54, 1.807) is 35.6 Å². The Hall–Kier alpha value is -1.38. The Labute approximate surface area is 160 Å². The van der Waals surface area contributed by atoms with E-state index < -0.39 is 10.0 Å². The van der Waals surface area contributed by atoms with Crippen LogP contribution < -0.4 is 9.62 Å². The minimum Gasteiger partial charge on any atom is -0.326 e. The highest BCUT2D eigenvalue weighted by molar-refractivity contribution is 9.11. The number of carbonyl (C=O) groups excluding carboxylic acids is 1. The first kappa shape index (κ1) is 18.4. The molecule has 1 N–H and O–H groups in total. The maximum Gasteiger partial charge on any atom is 0.235 e. The number of sulfonamides is 1. The van der Waals surface area contributed by atoms with E-state index in [-0.39, 0.29) is 11.7 Å². The summed E-state index contributed by atoms with van der Waals surface area (Å²) in [7, 11) is -3.21. The molecule has 0 saturated carbocycles. The largest absolute Gasteiger partial charge is 0.326 e. The van der Waals surface area contributed by atoms with Gasteiger partial charge in [-0.15, -0.1) is 11.3 Å². The molecule has 0 aliphatic carbocycles. The van der Waals surface area contributed by atoms with Crippen LogP contribution in [0, 0.1) is 0 Å². The van der Waals surface area contributed by atoms with Crippen molar-refractivity contribution in [3.05, 3.63) is 45.1 Å². The predicted octanol–water partition coefficient (Wildman–Crippen LogP) is 4.01. The number of nitrogens with one attached hydrogen (secondary N) is 1. The van der Waals surface area contributed by atoms with Crippen molar-refractivity contribution in [2.45, 2.75) is 25.7 Å². The molecule has 0 radical (unpaired) electrons. The lowest BCUT2D eigenvalue weighted by Crippen LogP contribution is -2.25. The second kappa shape index (κ2) is 7.88. The second-order valence-corrected chi connectivity index (χ2v) is 10.5. The van der Waals surface area contributed by atoms with Crippen molar-refractivity contribution >= 4 is 54.6 Å². The van der Waals surface area contributed by atoms with E-state index in [1.165, 1.54) is 9.18 Å². The number of halogens is 1. The van der Waals surface area contributed by atoms with Crippen LogP contribution in [-0.4, -0.2) is 26.6 Å². The summed E-state index contributed by atoms with van der Waals surface area (Å²) in [5.41, 5.74) is 1.24. The zero-order chi connectivity index (χ0) is 17.9. The van der Waals surface area contributed by atoms with E-state index in [0.717, 1.165) is 16.6 Å². The average molecular weight is 443 g/mol. The van der Waals surface area contributed by atoms with Crippen LogP contribution in [0.5, 0.6) is 0 Å². The summed E-state index contributed by atoms with van der Waals surface area (Å²) in [6.07, 6.45) is 2.72. The molecule has 2 heterocycles. The van der Waals surface area contributed by atoms with Gasteiger partial charge in [0.15, 0.2) is 0 Å². The summed E-state index contributed by atoms with van der Waals surface area (Å²) >= 11 is 5.11. The van der Waals surface area contributed by atoms with Gasteiger partial charge in [0.1, 0.15) is 0 Å². The van der Waals surface area contributed by atoms with Crippen molar-refractivity contribution in [2.75, 3.05) is 21.9 Å². The summed E-state index contributed by atoms with van der Waals surface area (Å²) < 4.78 is 26.5. The van der Waals surface area contributed by atoms with Crippen molar-refractivity contribution in [3.8, 4) is 0 Å². The van der Waals surface area contributed by atoms with Crippen LogP contribution in [0.4, 0.5) is 11.4 Å². The van der Waals surface area contributed by atoms with Gasteiger partial charge in [-0.25, -0.2) is 8.42 Å². The molecule has 134 valence electrons. The summed E-state index contributed by atoms with van der Waals surface area (Å²) in [5, 5.41) is 2.86. The number of hydrogen-bond acceptors (Lipinski definition) is 4. The molecule has 1 saturated heterocycles. The highest BCUT2D eigenvalue weighted by atomic mass is 79.9. The fraction of sp³-hybridized carbons (Fsp3) is 0.353. The van der Waals surface area contributed by atoms with E-state index in [0.29, 0.717) is 30.8 Å². The summed E-state index contributed by atoms with van der Waals surface area (Å²) in [6.45, 7) is 0.496. The van der Waals surface area contributed by atoms with Gasteiger partial charge in [-0.05, 0) is 65.5 Å². The van der Waals surface area contributed by atoms with Gasteiger partial charge in [0.05, 0.1) is 15.2 Å². The Bertz CT molecular complexity index is 864. The second-order valence-electron chi connectivity index (χ2n) is 5.90. The molecule has 25 heavy (non-hydrogen) atoms. The fourth-order valence-corrected chi connectivity index (χ4v) is 5.88. The van der Waals surface area contributed by atoms with Gasteiger partial charge >= 0.3 is 0 Å². The lowest BCUT2D eigenvalue weighted by molar-refractivity contribution is -0.116. The van der Waals surface area contributed by atoms with Crippen LogP contribution in [-0.2, 0) is 21.2 Å². The van der Waals surface area contributed by atoms with Crippen molar-refractivity contribution in [1.29, 1.82) is 0 Å². The fourth-order valence-electron chi connectivity index (χ4n) is 2.80. The third-order valence-corrected chi connectivity index (χ3v) is 7.53. The van der Waals surface area contributed by atoms with E-state index in [4.69, 9.17) is 0 Å². The van der Waals surface area contributed by atoms with Gasteiger partial charge in [0, 0.05) is 23.5 Å². The standard InChI is InChI=1S/C17H19BrN2O3S2/c18-16-9-8-15(24-16)6-2-7-17(21)19-13-4-1-5-14(12-13)20-10-3-11-25(20,22)23/h1,4-5,8-9,12H,2-3,6-7,10-11H2,(H,19,21). The monoisotopic (exact) mass is 442 g/mol. The van der Waals surface area contributed by atoms with Crippen LogP contribution in [0.15, 0.2) is 40.2 Å². The van der Waals surface area contributed by atoms with Crippen molar-refractivity contribution in [1.82, 2.24) is 0 Å². The number of hydrogen-bond donors (Lipinski definition) is 1. The van der Waals surface area contributed by atoms with Crippen LogP contribution in [0.1, 0.15) is 24.1 Å². The van der Waals surface area contributed by atoms with Gasteiger partial charge in [0.2, 0.25) is 15.9 Å². The molecule has 1 aromatic carbocycles. The molecule has 1 aliphatic rings. The molecular formula is C17H19BrN2O3S2. The number of anilines is 2. The highest BCUT2D eigenvalue weighted by Gasteiger charge is 2.28. The number of carbonyl (C=O) groups is 1. The molecule has 0 bridgehead atoms. The van der Waals surface area contributed by atoms with Crippen LogP contribution in [0.2, 0.25) is 0 Å². The Morgan fingerprint density at radius 2 is 2.12 bits per heavy atom. The Balaban J connectivity index is 1.55. The smallest absolute Gasteiger partial charge is 0.235 e. The molecule has 0 unspecified atom stereocenters. The number of nitrogens with zero attached hydrogens (tertiary/aromatic N) is 1. The minimum atomic E-state index is -3.21. The molecule has 5 nitrogen and oxygen atoms in total. The zero-order valence-corrected chi connectivity index (χ0v) is 16.8. The zero-order valence-electron chi connectivity index (χ0n) is 13.6. The molecule has 3 rings (SSSR count). The van der Waals surface area contributed by atoms with Gasteiger partial charge in [0.25, 0.3) is 0 Å². The van der Waals surface area contributed by atoms with E-state index in [9.17, 15) is 13.2 Å². The summed E-state index contributed by atoms with van der Waals surface area (Å²) in [6, 6.07) is 11.1. The molecule has 1 fully saturated rings. The molecule has 1 aromatic heterocycles. The number of rotatable bonds is 6. The first-order valence-electron chi connectivity index (χ1n) is 8.08. The lowest BCUT2D eigenvalue weighted by atomic mass is 10.2. The molecule has 8 heteroatoms. The van der Waals surface area contributed by atoms with Gasteiger partial charge in [-0.3, -0.25) is 9.10 Å². The third-order valence-electron chi connectivity index (χ3n) is 3.97. The van der Waals surface area contributed by atoms with E-state index in [1.807, 2.05) is 6.07 Å². The third kappa shape index (κ3) is 4.83. The van der Waals surface area contributed by atoms with E-state index >= 15 is 0 Å². The Morgan fingerprint density at radius 1 is 1.28 bits per heavy atom. The normalized spacial score (nSPS) is 16.1. The lowest BCUT2D eigenvalue weighted by Gasteiger charge is -2.17. The van der Waals surface area contributed by atoms with Crippen LogP contribution in [0.3, 0.4) is 0 Å². The Kier molecular flexibility index (Phi) is 5.81. The highest BCUT2D eigenvalue weighted by Crippen LogP contribution is 2.27. The summed E-state index contributed by atoms with van der Waals surface area (Å²) in [4.78, 5) is 13.4. The van der Waals surface area contributed by atoms with Gasteiger partial charge < -0.3 is 5.32 Å². The number of amides is 1. The first-order chi connectivity index (χ1) is 11.9. The molecule has 0 atom stereocenters. The first-order valence-corrected chi connectivity index (χ1v) is 11.3.